The summed E-state index contributed by atoms with van der Waals surface area (Å²) in [6, 6.07) is 2.11. The van der Waals surface area contributed by atoms with Gasteiger partial charge < -0.3 is 10.2 Å². The standard InChI is InChI=1S/C15H25BrN4/c1-15(2,20-6-4-19(3)5-7-20)12-18-10-13-8-14(16)11-17-9-13/h8-9,11,18H,4-7,10,12H2,1-3H3. The molecule has 1 aromatic rings. The van der Waals surface area contributed by atoms with E-state index in [0.717, 1.165) is 30.7 Å². The van der Waals surface area contributed by atoms with Gasteiger partial charge in [-0.25, -0.2) is 0 Å². The molecule has 0 atom stereocenters. The van der Waals surface area contributed by atoms with Gasteiger partial charge in [-0.2, -0.15) is 0 Å². The number of pyridine rings is 1. The Morgan fingerprint density at radius 3 is 2.60 bits per heavy atom. The second-order valence-corrected chi connectivity index (χ2v) is 7.13. The summed E-state index contributed by atoms with van der Waals surface area (Å²) >= 11 is 3.46. The molecule has 0 amide bonds. The van der Waals surface area contributed by atoms with Crippen molar-refractivity contribution in [3.8, 4) is 0 Å². The third-order valence-electron chi connectivity index (χ3n) is 4.01. The Hall–Kier alpha value is -0.490. The predicted octanol–water partition coefficient (Wildman–Crippen LogP) is 1.96. The summed E-state index contributed by atoms with van der Waals surface area (Å²) in [5, 5.41) is 3.56. The lowest BCUT2D eigenvalue weighted by Gasteiger charge is -2.43. The highest BCUT2D eigenvalue weighted by atomic mass is 79.9. The van der Waals surface area contributed by atoms with Crippen LogP contribution >= 0.6 is 15.9 Å². The molecular weight excluding hydrogens is 316 g/mol. The van der Waals surface area contributed by atoms with Crippen LogP contribution < -0.4 is 5.32 Å². The van der Waals surface area contributed by atoms with Crippen molar-refractivity contribution in [3.63, 3.8) is 0 Å². The van der Waals surface area contributed by atoms with Gasteiger partial charge in [-0.05, 0) is 48.5 Å². The van der Waals surface area contributed by atoms with E-state index < -0.39 is 0 Å². The highest BCUT2D eigenvalue weighted by Gasteiger charge is 2.28. The number of likely N-dealkylation sites (N-methyl/N-ethyl adjacent to an activating group) is 1. The maximum absolute atomic E-state index is 4.19. The van der Waals surface area contributed by atoms with Gasteiger partial charge in [0.1, 0.15) is 0 Å². The minimum absolute atomic E-state index is 0.195. The first-order chi connectivity index (χ1) is 9.47. The van der Waals surface area contributed by atoms with Crippen molar-refractivity contribution >= 4 is 15.9 Å². The molecule has 0 saturated carbocycles. The van der Waals surface area contributed by atoms with E-state index in [9.17, 15) is 0 Å². The quantitative estimate of drug-likeness (QED) is 0.887. The molecule has 1 fully saturated rings. The SMILES string of the molecule is CN1CCN(C(C)(C)CNCc2cncc(Br)c2)CC1. The minimum Gasteiger partial charge on any atom is -0.311 e. The largest absolute Gasteiger partial charge is 0.311 e. The first kappa shape index (κ1) is 15.9. The molecule has 1 saturated heterocycles. The zero-order chi connectivity index (χ0) is 14.6. The summed E-state index contributed by atoms with van der Waals surface area (Å²) in [5.74, 6) is 0. The Balaban J connectivity index is 1.80. The smallest absolute Gasteiger partial charge is 0.0410 e. The molecule has 5 heteroatoms. The Labute approximate surface area is 130 Å². The van der Waals surface area contributed by atoms with Gasteiger partial charge in [-0.3, -0.25) is 9.88 Å². The van der Waals surface area contributed by atoms with Crippen molar-refractivity contribution in [1.82, 2.24) is 20.1 Å². The maximum atomic E-state index is 4.19. The highest BCUT2D eigenvalue weighted by molar-refractivity contribution is 9.10. The van der Waals surface area contributed by atoms with Crippen LogP contribution in [-0.4, -0.2) is 60.1 Å². The fourth-order valence-corrected chi connectivity index (χ4v) is 3.00. The number of rotatable bonds is 5. The average Bonchev–Trinajstić information content (AvgIpc) is 2.39. The molecule has 2 heterocycles. The molecule has 0 aromatic carbocycles. The third-order valence-corrected chi connectivity index (χ3v) is 4.44. The van der Waals surface area contributed by atoms with E-state index in [0.29, 0.717) is 0 Å². The molecule has 0 bridgehead atoms. The summed E-state index contributed by atoms with van der Waals surface area (Å²) in [6.07, 6.45) is 3.73. The van der Waals surface area contributed by atoms with Gasteiger partial charge in [-0.15, -0.1) is 0 Å². The minimum atomic E-state index is 0.195. The van der Waals surface area contributed by atoms with Crippen LogP contribution in [0.3, 0.4) is 0 Å². The Bertz CT molecular complexity index is 428. The van der Waals surface area contributed by atoms with Crippen molar-refractivity contribution in [3.05, 3.63) is 28.5 Å². The van der Waals surface area contributed by atoms with E-state index in [4.69, 9.17) is 0 Å². The van der Waals surface area contributed by atoms with Crippen LogP contribution in [0.25, 0.3) is 0 Å². The summed E-state index contributed by atoms with van der Waals surface area (Å²) in [6.45, 7) is 11.1. The molecule has 4 nitrogen and oxygen atoms in total. The summed E-state index contributed by atoms with van der Waals surface area (Å²) in [4.78, 5) is 9.17. The molecule has 1 aliphatic rings. The number of halogens is 1. The lowest BCUT2D eigenvalue weighted by Crippen LogP contribution is -2.57. The van der Waals surface area contributed by atoms with E-state index in [1.807, 2.05) is 12.4 Å². The van der Waals surface area contributed by atoms with Crippen LogP contribution in [0.1, 0.15) is 19.4 Å². The van der Waals surface area contributed by atoms with Gasteiger partial charge in [0.2, 0.25) is 0 Å². The number of nitrogens with one attached hydrogen (secondary N) is 1. The van der Waals surface area contributed by atoms with Gasteiger partial charge >= 0.3 is 0 Å². The van der Waals surface area contributed by atoms with Crippen molar-refractivity contribution in [2.24, 2.45) is 0 Å². The average molecular weight is 341 g/mol. The van der Waals surface area contributed by atoms with Gasteiger partial charge in [0, 0.05) is 61.7 Å². The molecule has 0 spiro atoms. The van der Waals surface area contributed by atoms with E-state index in [-0.39, 0.29) is 5.54 Å². The van der Waals surface area contributed by atoms with Gasteiger partial charge in [0.25, 0.3) is 0 Å². The predicted molar refractivity (Wildman–Crippen MR) is 86.8 cm³/mol. The second-order valence-electron chi connectivity index (χ2n) is 6.22. The van der Waals surface area contributed by atoms with Crippen LogP contribution in [0.5, 0.6) is 0 Å². The Morgan fingerprint density at radius 2 is 1.95 bits per heavy atom. The van der Waals surface area contributed by atoms with Crippen LogP contribution in [-0.2, 0) is 6.54 Å². The molecule has 0 aliphatic carbocycles. The lowest BCUT2D eigenvalue weighted by atomic mass is 10.0. The Morgan fingerprint density at radius 1 is 1.25 bits per heavy atom. The van der Waals surface area contributed by atoms with E-state index >= 15 is 0 Å². The molecular formula is C15H25BrN4. The summed E-state index contributed by atoms with van der Waals surface area (Å²) in [5.41, 5.74) is 1.41. The van der Waals surface area contributed by atoms with Crippen molar-refractivity contribution in [2.45, 2.75) is 25.9 Å². The fourth-order valence-electron chi connectivity index (χ4n) is 2.59. The lowest BCUT2D eigenvalue weighted by molar-refractivity contribution is 0.0618. The van der Waals surface area contributed by atoms with Gasteiger partial charge in [0.15, 0.2) is 0 Å². The molecule has 2 rings (SSSR count). The maximum Gasteiger partial charge on any atom is 0.0410 e. The number of piperazine rings is 1. The number of hydrogen-bond acceptors (Lipinski definition) is 4. The van der Waals surface area contributed by atoms with Crippen LogP contribution in [0, 0.1) is 0 Å². The molecule has 1 aromatic heterocycles. The zero-order valence-electron chi connectivity index (χ0n) is 12.7. The fraction of sp³-hybridized carbons (Fsp3) is 0.667. The summed E-state index contributed by atoms with van der Waals surface area (Å²) < 4.78 is 1.04. The van der Waals surface area contributed by atoms with Crippen LogP contribution in [0.2, 0.25) is 0 Å². The van der Waals surface area contributed by atoms with Crippen LogP contribution in [0.4, 0.5) is 0 Å². The zero-order valence-corrected chi connectivity index (χ0v) is 14.3. The first-order valence-electron chi connectivity index (χ1n) is 7.21. The number of aromatic nitrogens is 1. The number of hydrogen-bond donors (Lipinski definition) is 1. The first-order valence-corrected chi connectivity index (χ1v) is 8.00. The molecule has 20 heavy (non-hydrogen) atoms. The van der Waals surface area contributed by atoms with E-state index in [1.165, 1.54) is 18.7 Å². The number of nitrogens with zero attached hydrogens (tertiary/aromatic N) is 3. The molecule has 0 radical (unpaired) electrons. The van der Waals surface area contributed by atoms with Crippen LogP contribution in [0.15, 0.2) is 22.9 Å². The normalized spacial score (nSPS) is 18.4. The monoisotopic (exact) mass is 340 g/mol. The van der Waals surface area contributed by atoms with Crippen molar-refractivity contribution in [2.75, 3.05) is 39.8 Å². The van der Waals surface area contributed by atoms with Crippen molar-refractivity contribution in [1.29, 1.82) is 0 Å². The topological polar surface area (TPSA) is 31.4 Å². The second kappa shape index (κ2) is 6.98. The van der Waals surface area contributed by atoms with Gasteiger partial charge in [0.05, 0.1) is 0 Å². The van der Waals surface area contributed by atoms with E-state index in [1.54, 1.807) is 0 Å². The van der Waals surface area contributed by atoms with E-state index in [2.05, 4.69) is 63.0 Å². The molecule has 1 N–H and O–H groups in total. The third kappa shape index (κ3) is 4.52. The van der Waals surface area contributed by atoms with Crippen molar-refractivity contribution < 1.29 is 0 Å². The summed E-state index contributed by atoms with van der Waals surface area (Å²) in [7, 11) is 2.20. The Kier molecular flexibility index (Phi) is 5.55. The van der Waals surface area contributed by atoms with Gasteiger partial charge in [-0.1, -0.05) is 0 Å². The highest BCUT2D eigenvalue weighted by Crippen LogP contribution is 2.16. The molecule has 112 valence electrons. The molecule has 0 unspecified atom stereocenters. The molecule has 1 aliphatic heterocycles.